The van der Waals surface area contributed by atoms with Gasteiger partial charge in [-0.1, -0.05) is 19.6 Å². The molecule has 13 heteroatoms. The lowest BCUT2D eigenvalue weighted by Crippen LogP contribution is -2.45. The molecule has 48 heavy (non-hydrogen) atoms. The maximum absolute atomic E-state index is 16.2. The average Bonchev–Trinajstić information content (AvgIpc) is 3.79. The fourth-order valence-corrected chi connectivity index (χ4v) is 9.31. The van der Waals surface area contributed by atoms with E-state index in [1.54, 1.807) is 0 Å². The van der Waals surface area contributed by atoms with Gasteiger partial charge in [0.25, 0.3) is 0 Å². The lowest BCUT2D eigenvalue weighted by atomic mass is 9.79. The van der Waals surface area contributed by atoms with Gasteiger partial charge in [-0.05, 0) is 92.4 Å². The average molecular weight is 759 g/mol. The van der Waals surface area contributed by atoms with Crippen LogP contribution in [0.5, 0.6) is 0 Å². The Labute approximate surface area is 295 Å². The minimum absolute atomic E-state index is 0.0787. The maximum Gasteiger partial charge on any atom is 0.410 e. The van der Waals surface area contributed by atoms with Crippen molar-refractivity contribution in [1.82, 2.24) is 19.4 Å². The van der Waals surface area contributed by atoms with Crippen LogP contribution >= 0.6 is 27.7 Å². The lowest BCUT2D eigenvalue weighted by molar-refractivity contribution is 0.0208. The predicted molar refractivity (Wildman–Crippen MR) is 193 cm³/mol. The van der Waals surface area contributed by atoms with Gasteiger partial charge in [-0.15, -0.1) is 11.8 Å². The molecule has 4 fully saturated rings. The number of nitriles is 1. The van der Waals surface area contributed by atoms with Crippen LogP contribution in [0.15, 0.2) is 21.6 Å². The summed E-state index contributed by atoms with van der Waals surface area (Å²) in [5.74, 6) is -0.276. The van der Waals surface area contributed by atoms with Crippen LogP contribution < -0.4 is 0 Å². The molecule has 4 atom stereocenters. The summed E-state index contributed by atoms with van der Waals surface area (Å²) < 4.78 is 30.5. The van der Waals surface area contributed by atoms with Crippen LogP contribution in [0.4, 0.5) is 14.0 Å². The number of likely N-dealkylation sites (tertiary alicyclic amines) is 1. The molecule has 3 aromatic rings. The van der Waals surface area contributed by atoms with Crippen molar-refractivity contribution in [3.05, 3.63) is 33.7 Å². The van der Waals surface area contributed by atoms with Crippen molar-refractivity contribution in [3.63, 3.8) is 0 Å². The molecule has 0 N–H and O–H groups in total. The summed E-state index contributed by atoms with van der Waals surface area (Å²) in [7, 11) is -1.39. The quantitative estimate of drug-likeness (QED) is 0.167. The highest BCUT2D eigenvalue weighted by Crippen LogP contribution is 2.54. The molecular formula is C35H45BrFN5O4SSi. The number of carbonyl (C=O) groups excluding carboxylic acids is 2. The Morgan fingerprint density at radius 3 is 2.60 bits per heavy atom. The van der Waals surface area contributed by atoms with Crippen LogP contribution in [-0.4, -0.2) is 77.2 Å². The van der Waals surface area contributed by atoms with Crippen LogP contribution in [0.1, 0.15) is 69.8 Å². The zero-order chi connectivity index (χ0) is 34.7. The summed E-state index contributed by atoms with van der Waals surface area (Å²) in [4.78, 5) is 35.6. The monoisotopic (exact) mass is 757 g/mol. The number of aryl methyl sites for hydroxylation is 1. The highest BCUT2D eigenvalue weighted by molar-refractivity contribution is 9.10. The van der Waals surface area contributed by atoms with Crippen LogP contribution in [0, 0.1) is 23.1 Å². The second-order valence-electron chi connectivity index (χ2n) is 15.5. The van der Waals surface area contributed by atoms with Crippen molar-refractivity contribution in [1.29, 1.82) is 5.26 Å². The summed E-state index contributed by atoms with van der Waals surface area (Å²) in [5.41, 5.74) is 2.16. The standard InChI is InChI=1S/C35H45BrFN5O4SSi/c1-35(2,3)46-34(44)41-19-21-17-26(41)30(21)42-25(24-11-9-13-40(24)33(43)45-14-15-48(5,6)7)18-23-31(42)22-16-20(10-8-12-38)27(36)28(37)29(22)39-32(23)47-4/h16,18,21,24,26,30H,8-11,13-15,17,19H2,1-7H3/t21-,24-,26-,30+/m1/s1. The van der Waals surface area contributed by atoms with E-state index in [9.17, 15) is 14.9 Å². The number of pyridine rings is 1. The van der Waals surface area contributed by atoms with Crippen LogP contribution in [0.3, 0.4) is 0 Å². The van der Waals surface area contributed by atoms with Crippen LogP contribution in [0.2, 0.25) is 25.7 Å². The van der Waals surface area contributed by atoms with Gasteiger partial charge in [0, 0.05) is 50.0 Å². The lowest BCUT2D eigenvalue weighted by Gasteiger charge is -2.40. The van der Waals surface area contributed by atoms with Crippen molar-refractivity contribution in [3.8, 4) is 6.07 Å². The van der Waals surface area contributed by atoms with Gasteiger partial charge in [-0.2, -0.15) is 5.26 Å². The third-order valence-corrected chi connectivity index (χ3v) is 13.1. The first-order valence-corrected chi connectivity index (χ1v) is 22.6. The molecule has 0 unspecified atom stereocenters. The molecule has 1 aromatic carbocycles. The Balaban J connectivity index is 1.52. The molecule has 0 spiro atoms. The molecule has 1 aliphatic carbocycles. The number of ether oxygens (including phenoxy) is 2. The molecule has 2 bridgehead atoms. The van der Waals surface area contributed by atoms with E-state index in [2.05, 4.69) is 52.3 Å². The van der Waals surface area contributed by atoms with E-state index >= 15 is 4.39 Å². The molecule has 3 aliphatic heterocycles. The first kappa shape index (κ1) is 35.0. The largest absolute Gasteiger partial charge is 0.450 e. The molecule has 3 saturated heterocycles. The second kappa shape index (κ2) is 13.1. The number of thioether (sulfide) groups is 1. The van der Waals surface area contributed by atoms with Gasteiger partial charge in [0.2, 0.25) is 0 Å². The fraction of sp³-hybridized carbons (Fsp3) is 0.600. The number of halogens is 2. The van der Waals surface area contributed by atoms with E-state index in [1.807, 2.05) is 42.9 Å². The van der Waals surface area contributed by atoms with E-state index in [1.165, 1.54) is 11.8 Å². The van der Waals surface area contributed by atoms with E-state index in [4.69, 9.17) is 14.5 Å². The Hall–Kier alpha value is -2.82. The van der Waals surface area contributed by atoms with Crippen molar-refractivity contribution >= 4 is 69.8 Å². The summed E-state index contributed by atoms with van der Waals surface area (Å²) >= 11 is 4.92. The van der Waals surface area contributed by atoms with Crippen LogP contribution in [-0.2, 0) is 15.9 Å². The highest BCUT2D eigenvalue weighted by Gasteiger charge is 2.57. The molecule has 258 valence electrons. The Kier molecular flexibility index (Phi) is 9.58. The highest BCUT2D eigenvalue weighted by atomic mass is 79.9. The van der Waals surface area contributed by atoms with Gasteiger partial charge in [-0.25, -0.2) is 19.0 Å². The molecule has 2 amide bonds. The van der Waals surface area contributed by atoms with E-state index in [0.717, 1.165) is 41.9 Å². The number of aromatic nitrogens is 2. The second-order valence-corrected chi connectivity index (χ2v) is 22.7. The first-order chi connectivity index (χ1) is 22.6. The SMILES string of the molecule is CSc1nc2c(F)c(Br)c(CCC#N)cc2c2c1cc([C@H]1CCCN1C(=O)OCC[Si](C)(C)C)n2[C@H]1[C@@H]2C[C@H]1N(C(=O)OC(C)(C)C)C2. The minimum atomic E-state index is -1.39. The molecule has 1 saturated carbocycles. The molecule has 5 heterocycles. The molecule has 7 rings (SSSR count). The zero-order valence-electron chi connectivity index (χ0n) is 28.9. The van der Waals surface area contributed by atoms with Gasteiger partial charge in [0.15, 0.2) is 5.82 Å². The number of amides is 2. The molecule has 4 aliphatic rings. The Morgan fingerprint density at radius 1 is 1.19 bits per heavy atom. The summed E-state index contributed by atoms with van der Waals surface area (Å²) in [6.07, 6.45) is 4.41. The smallest absolute Gasteiger partial charge is 0.410 e. The number of benzene rings is 1. The first-order valence-electron chi connectivity index (χ1n) is 16.8. The number of hydrogen-bond acceptors (Lipinski definition) is 7. The number of nitrogens with zero attached hydrogens (tertiary/aromatic N) is 5. The molecular weight excluding hydrogens is 713 g/mol. The van der Waals surface area contributed by atoms with Crippen molar-refractivity contribution < 1.29 is 23.5 Å². The summed E-state index contributed by atoms with van der Waals surface area (Å²) in [6.45, 7) is 14.0. The van der Waals surface area contributed by atoms with Crippen molar-refractivity contribution in [2.75, 3.05) is 26.0 Å². The van der Waals surface area contributed by atoms with E-state index in [-0.39, 0.29) is 48.2 Å². The number of hydrogen-bond donors (Lipinski definition) is 0. The van der Waals surface area contributed by atoms with Gasteiger partial charge in [-0.3, -0.25) is 4.90 Å². The van der Waals surface area contributed by atoms with Crippen molar-refractivity contribution in [2.45, 2.75) is 107 Å². The normalized spacial score (nSPS) is 22.3. The molecule has 0 radical (unpaired) electrons. The minimum Gasteiger partial charge on any atom is -0.450 e. The summed E-state index contributed by atoms with van der Waals surface area (Å²) in [6, 6.07) is 6.75. The molecule has 9 nitrogen and oxygen atoms in total. The predicted octanol–water partition coefficient (Wildman–Crippen LogP) is 9.06. The van der Waals surface area contributed by atoms with E-state index < -0.39 is 19.5 Å². The van der Waals surface area contributed by atoms with Gasteiger partial charge >= 0.3 is 12.2 Å². The van der Waals surface area contributed by atoms with Crippen molar-refractivity contribution in [2.24, 2.45) is 5.92 Å². The van der Waals surface area contributed by atoms with Gasteiger partial charge in [0.1, 0.15) is 16.1 Å². The topological polar surface area (TPSA) is 101 Å². The fourth-order valence-electron chi connectivity index (χ4n) is 7.53. The third-order valence-electron chi connectivity index (χ3n) is 9.81. The Bertz CT molecular complexity index is 1820. The Morgan fingerprint density at radius 2 is 1.94 bits per heavy atom. The van der Waals surface area contributed by atoms with E-state index in [0.29, 0.717) is 46.6 Å². The third kappa shape index (κ3) is 6.44. The van der Waals surface area contributed by atoms with Gasteiger partial charge < -0.3 is 18.9 Å². The number of rotatable bonds is 8. The van der Waals surface area contributed by atoms with Crippen LogP contribution in [0.25, 0.3) is 21.8 Å². The number of fused-ring (bicyclic) bond motifs is 4. The molecule has 2 aromatic heterocycles. The zero-order valence-corrected chi connectivity index (χ0v) is 32.3. The van der Waals surface area contributed by atoms with Gasteiger partial charge in [0.05, 0.1) is 40.8 Å². The summed E-state index contributed by atoms with van der Waals surface area (Å²) in [5, 5.41) is 11.6. The maximum atomic E-state index is 16.2. The number of carbonyl (C=O) groups is 2.